The van der Waals surface area contributed by atoms with Gasteiger partial charge < -0.3 is 0 Å². The van der Waals surface area contributed by atoms with Gasteiger partial charge in [-0.3, -0.25) is 4.98 Å². The van der Waals surface area contributed by atoms with Crippen LogP contribution in [0.15, 0.2) is 18.3 Å². The number of pyridine rings is 1. The average Bonchev–Trinajstić information content (AvgIpc) is 2.05. The number of hydrogen-bond donors (Lipinski definition) is 0. The zero-order valence-electron chi connectivity index (χ0n) is 8.09. The first kappa shape index (κ1) is 9.59. The maximum atomic E-state index is 4.28. The van der Waals surface area contributed by atoms with Gasteiger partial charge in [0, 0.05) is 16.6 Å². The molecule has 0 aliphatic carbocycles. The first-order chi connectivity index (χ1) is 5.56. The molecule has 0 bridgehead atoms. The van der Waals surface area contributed by atoms with Crippen LogP contribution in [0.1, 0.15) is 25.1 Å². The highest BCUT2D eigenvalue weighted by molar-refractivity contribution is 7.99. The summed E-state index contributed by atoms with van der Waals surface area (Å²) in [5, 5.41) is 0. The molecule has 0 N–H and O–H groups in total. The number of rotatable bonds is 2. The van der Waals surface area contributed by atoms with Crippen molar-refractivity contribution in [3.05, 3.63) is 29.6 Å². The summed E-state index contributed by atoms with van der Waals surface area (Å²) in [4.78, 5) is 4.28. The van der Waals surface area contributed by atoms with Crippen molar-refractivity contribution in [1.82, 2.24) is 4.98 Å². The van der Waals surface area contributed by atoms with E-state index in [1.54, 1.807) is 0 Å². The molecule has 0 radical (unpaired) electrons. The van der Waals surface area contributed by atoms with E-state index in [4.69, 9.17) is 0 Å². The molecule has 1 heterocycles. The fraction of sp³-hybridized carbons (Fsp3) is 0.500. The van der Waals surface area contributed by atoms with Crippen molar-refractivity contribution in [3.8, 4) is 0 Å². The Hall–Kier alpha value is -0.500. The number of thioether (sulfide) groups is 1. The zero-order chi connectivity index (χ0) is 9.19. The predicted molar refractivity (Wildman–Crippen MR) is 55.5 cm³/mol. The summed E-state index contributed by atoms with van der Waals surface area (Å²) >= 11 is 1.85. The number of nitrogens with zero attached hydrogens (tertiary/aromatic N) is 1. The Labute approximate surface area is 78.6 Å². The van der Waals surface area contributed by atoms with E-state index in [0.717, 1.165) is 5.69 Å². The summed E-state index contributed by atoms with van der Waals surface area (Å²) in [6.45, 7) is 6.43. The Balaban J connectivity index is 2.96. The van der Waals surface area contributed by atoms with E-state index >= 15 is 0 Å². The van der Waals surface area contributed by atoms with Gasteiger partial charge in [-0.2, -0.15) is 11.8 Å². The second-order valence-electron chi connectivity index (χ2n) is 3.40. The lowest BCUT2D eigenvalue weighted by Crippen LogP contribution is -2.11. The van der Waals surface area contributed by atoms with Crippen LogP contribution in [0.2, 0.25) is 0 Å². The Morgan fingerprint density at radius 2 is 2.00 bits per heavy atom. The molecule has 0 saturated carbocycles. The van der Waals surface area contributed by atoms with Crippen LogP contribution in [-0.4, -0.2) is 11.2 Å². The summed E-state index contributed by atoms with van der Waals surface area (Å²) in [7, 11) is 0. The van der Waals surface area contributed by atoms with E-state index in [0.29, 0.717) is 0 Å². The first-order valence-electron chi connectivity index (χ1n) is 4.04. The third-order valence-corrected chi connectivity index (χ3v) is 3.37. The van der Waals surface area contributed by atoms with Gasteiger partial charge in [-0.05, 0) is 38.7 Å². The van der Waals surface area contributed by atoms with Gasteiger partial charge in [0.25, 0.3) is 0 Å². The standard InChI is InChI=1S/C10H15NS/c1-8-5-6-9(7-11-8)10(2,3)12-4/h5-7H,1-4H3. The van der Waals surface area contributed by atoms with Gasteiger partial charge in [-0.1, -0.05) is 6.07 Å². The lowest BCUT2D eigenvalue weighted by Gasteiger charge is -2.21. The maximum absolute atomic E-state index is 4.28. The lowest BCUT2D eigenvalue weighted by molar-refractivity contribution is 0.777. The molecule has 0 fully saturated rings. The highest BCUT2D eigenvalue weighted by atomic mass is 32.2. The van der Waals surface area contributed by atoms with Crippen LogP contribution in [0, 0.1) is 6.92 Å². The molecule has 12 heavy (non-hydrogen) atoms. The van der Waals surface area contributed by atoms with E-state index in [1.165, 1.54) is 5.56 Å². The summed E-state index contributed by atoms with van der Waals surface area (Å²) < 4.78 is 0.181. The Morgan fingerprint density at radius 3 is 2.42 bits per heavy atom. The smallest absolute Gasteiger partial charge is 0.0372 e. The predicted octanol–water partition coefficient (Wildman–Crippen LogP) is 2.99. The second kappa shape index (κ2) is 3.48. The second-order valence-corrected chi connectivity index (χ2v) is 4.83. The number of aromatic nitrogens is 1. The van der Waals surface area contributed by atoms with Gasteiger partial charge in [0.2, 0.25) is 0 Å². The molecule has 1 aromatic heterocycles. The van der Waals surface area contributed by atoms with Gasteiger partial charge in [0.05, 0.1) is 0 Å². The third-order valence-electron chi connectivity index (χ3n) is 2.12. The quantitative estimate of drug-likeness (QED) is 0.695. The number of aryl methyl sites for hydroxylation is 1. The van der Waals surface area contributed by atoms with Crippen molar-refractivity contribution < 1.29 is 0 Å². The lowest BCUT2D eigenvalue weighted by atomic mass is 10.0. The minimum absolute atomic E-state index is 0.181. The van der Waals surface area contributed by atoms with Crippen LogP contribution in [0.25, 0.3) is 0 Å². The van der Waals surface area contributed by atoms with Crippen molar-refractivity contribution in [2.75, 3.05) is 6.26 Å². The van der Waals surface area contributed by atoms with E-state index in [-0.39, 0.29) is 4.75 Å². The van der Waals surface area contributed by atoms with Crippen LogP contribution in [0.5, 0.6) is 0 Å². The van der Waals surface area contributed by atoms with Crippen molar-refractivity contribution in [1.29, 1.82) is 0 Å². The highest BCUT2D eigenvalue weighted by Crippen LogP contribution is 2.32. The van der Waals surface area contributed by atoms with Gasteiger partial charge in [0.1, 0.15) is 0 Å². The average molecular weight is 181 g/mol. The molecule has 0 aliphatic heterocycles. The molecule has 0 spiro atoms. The third kappa shape index (κ3) is 2.01. The zero-order valence-corrected chi connectivity index (χ0v) is 8.90. The van der Waals surface area contributed by atoms with E-state index in [2.05, 4.69) is 37.2 Å². The summed E-state index contributed by atoms with van der Waals surface area (Å²) in [5.41, 5.74) is 2.37. The fourth-order valence-electron chi connectivity index (χ4n) is 0.942. The molecule has 0 aliphatic rings. The molecule has 0 atom stereocenters. The molecule has 0 amide bonds. The van der Waals surface area contributed by atoms with Gasteiger partial charge in [-0.15, -0.1) is 0 Å². The van der Waals surface area contributed by atoms with Crippen LogP contribution in [-0.2, 0) is 4.75 Å². The van der Waals surface area contributed by atoms with Gasteiger partial charge >= 0.3 is 0 Å². The van der Waals surface area contributed by atoms with Gasteiger partial charge in [-0.25, -0.2) is 0 Å². The fourth-order valence-corrected chi connectivity index (χ4v) is 1.30. The summed E-state index contributed by atoms with van der Waals surface area (Å²) in [5.74, 6) is 0. The van der Waals surface area contributed by atoms with Crippen LogP contribution in [0.4, 0.5) is 0 Å². The van der Waals surface area contributed by atoms with Gasteiger partial charge in [0.15, 0.2) is 0 Å². The normalized spacial score (nSPS) is 11.7. The molecule has 0 saturated heterocycles. The van der Waals surface area contributed by atoms with Crippen molar-refractivity contribution in [3.63, 3.8) is 0 Å². The molecule has 0 aromatic carbocycles. The highest BCUT2D eigenvalue weighted by Gasteiger charge is 2.18. The largest absolute Gasteiger partial charge is 0.261 e. The van der Waals surface area contributed by atoms with E-state index in [1.807, 2.05) is 24.9 Å². The summed E-state index contributed by atoms with van der Waals surface area (Å²) in [6.07, 6.45) is 4.09. The van der Waals surface area contributed by atoms with Crippen LogP contribution >= 0.6 is 11.8 Å². The number of hydrogen-bond acceptors (Lipinski definition) is 2. The van der Waals surface area contributed by atoms with E-state index in [9.17, 15) is 0 Å². The molecule has 1 rings (SSSR count). The first-order valence-corrected chi connectivity index (χ1v) is 5.27. The molecule has 1 nitrogen and oxygen atoms in total. The molecular formula is C10H15NS. The molecule has 1 aromatic rings. The SMILES string of the molecule is CSC(C)(C)c1ccc(C)nc1. The minimum atomic E-state index is 0.181. The maximum Gasteiger partial charge on any atom is 0.0372 e. The van der Waals surface area contributed by atoms with E-state index < -0.39 is 0 Å². The Morgan fingerprint density at radius 1 is 1.33 bits per heavy atom. The Kier molecular flexibility index (Phi) is 2.78. The van der Waals surface area contributed by atoms with Crippen LogP contribution < -0.4 is 0 Å². The Bertz CT molecular complexity index is 251. The van der Waals surface area contributed by atoms with Crippen molar-refractivity contribution >= 4 is 11.8 Å². The molecule has 0 unspecified atom stereocenters. The monoisotopic (exact) mass is 181 g/mol. The molecule has 66 valence electrons. The topological polar surface area (TPSA) is 12.9 Å². The molecular weight excluding hydrogens is 166 g/mol. The minimum Gasteiger partial charge on any atom is -0.261 e. The van der Waals surface area contributed by atoms with Crippen molar-refractivity contribution in [2.24, 2.45) is 0 Å². The summed E-state index contributed by atoms with van der Waals surface area (Å²) in [6, 6.07) is 4.21. The molecule has 2 heteroatoms. The van der Waals surface area contributed by atoms with Crippen LogP contribution in [0.3, 0.4) is 0 Å². The van der Waals surface area contributed by atoms with Crippen molar-refractivity contribution in [2.45, 2.75) is 25.5 Å².